The number of nitrogens with zero attached hydrogens (tertiary/aromatic N) is 3. The number of aromatic nitrogens is 2. The van der Waals surface area contributed by atoms with Gasteiger partial charge in [-0.2, -0.15) is 4.31 Å². The monoisotopic (exact) mass is 460 g/mol. The van der Waals surface area contributed by atoms with Crippen molar-refractivity contribution in [3.8, 4) is 0 Å². The third-order valence-electron chi connectivity index (χ3n) is 4.93. The SMILES string of the molecule is CCN(CC)S(=O)(=O)c1ccc(Cl)c(C(=O)NCc2ccc(Cn3ccnc3)cc2)c1. The van der Waals surface area contributed by atoms with E-state index >= 15 is 0 Å². The number of hydrogen-bond donors (Lipinski definition) is 1. The Kier molecular flexibility index (Phi) is 7.48. The lowest BCUT2D eigenvalue weighted by Crippen LogP contribution is -2.31. The predicted octanol–water partition coefficient (Wildman–Crippen LogP) is 3.55. The summed E-state index contributed by atoms with van der Waals surface area (Å²) in [4.78, 5) is 16.8. The van der Waals surface area contributed by atoms with Gasteiger partial charge in [-0.1, -0.05) is 49.7 Å². The molecule has 1 N–H and O–H groups in total. The summed E-state index contributed by atoms with van der Waals surface area (Å²) in [5.41, 5.74) is 2.17. The number of hydrogen-bond acceptors (Lipinski definition) is 4. The molecule has 31 heavy (non-hydrogen) atoms. The maximum Gasteiger partial charge on any atom is 0.253 e. The normalized spacial score (nSPS) is 11.6. The zero-order valence-corrected chi connectivity index (χ0v) is 19.0. The second-order valence-electron chi connectivity index (χ2n) is 6.97. The first-order chi connectivity index (χ1) is 14.8. The Morgan fingerprint density at radius 1 is 1.10 bits per heavy atom. The van der Waals surface area contributed by atoms with Crippen molar-refractivity contribution in [2.45, 2.75) is 31.8 Å². The zero-order chi connectivity index (χ0) is 22.4. The fourth-order valence-electron chi connectivity index (χ4n) is 3.18. The fraction of sp³-hybridized carbons (Fsp3) is 0.273. The van der Waals surface area contributed by atoms with Gasteiger partial charge in [-0.25, -0.2) is 13.4 Å². The van der Waals surface area contributed by atoms with E-state index in [0.717, 1.165) is 17.7 Å². The van der Waals surface area contributed by atoms with E-state index in [9.17, 15) is 13.2 Å². The molecular formula is C22H25ClN4O3S. The van der Waals surface area contributed by atoms with Gasteiger partial charge in [0.05, 0.1) is 21.8 Å². The lowest BCUT2D eigenvalue weighted by Gasteiger charge is -2.19. The summed E-state index contributed by atoms with van der Waals surface area (Å²) in [5, 5.41) is 3.01. The minimum Gasteiger partial charge on any atom is -0.348 e. The van der Waals surface area contributed by atoms with Crippen LogP contribution in [0.1, 0.15) is 35.3 Å². The number of imidazole rings is 1. The molecule has 1 aromatic heterocycles. The summed E-state index contributed by atoms with van der Waals surface area (Å²) < 4.78 is 28.8. The highest BCUT2D eigenvalue weighted by Gasteiger charge is 2.23. The minimum absolute atomic E-state index is 0.0506. The molecule has 1 amide bonds. The van der Waals surface area contributed by atoms with E-state index in [-0.39, 0.29) is 15.5 Å². The molecule has 7 nitrogen and oxygen atoms in total. The predicted molar refractivity (Wildman–Crippen MR) is 121 cm³/mol. The molecule has 164 valence electrons. The summed E-state index contributed by atoms with van der Waals surface area (Å²) in [6, 6.07) is 12.1. The van der Waals surface area contributed by atoms with Crippen molar-refractivity contribution in [1.82, 2.24) is 19.2 Å². The van der Waals surface area contributed by atoms with Crippen molar-refractivity contribution in [1.29, 1.82) is 0 Å². The van der Waals surface area contributed by atoms with Gasteiger partial charge < -0.3 is 9.88 Å². The van der Waals surface area contributed by atoms with Crippen LogP contribution in [-0.2, 0) is 23.1 Å². The lowest BCUT2D eigenvalue weighted by molar-refractivity contribution is 0.0951. The second-order valence-corrected chi connectivity index (χ2v) is 9.31. The Bertz CT molecular complexity index is 1130. The number of nitrogens with one attached hydrogen (secondary N) is 1. The van der Waals surface area contributed by atoms with Crippen molar-refractivity contribution in [3.63, 3.8) is 0 Å². The van der Waals surface area contributed by atoms with Crippen LogP contribution in [0.4, 0.5) is 0 Å². The van der Waals surface area contributed by atoms with Crippen LogP contribution in [0.5, 0.6) is 0 Å². The Balaban J connectivity index is 1.69. The largest absolute Gasteiger partial charge is 0.348 e. The van der Waals surface area contributed by atoms with E-state index in [4.69, 9.17) is 11.6 Å². The smallest absolute Gasteiger partial charge is 0.253 e. The van der Waals surface area contributed by atoms with Crippen molar-refractivity contribution >= 4 is 27.5 Å². The molecule has 0 fully saturated rings. The zero-order valence-electron chi connectivity index (χ0n) is 17.5. The highest BCUT2D eigenvalue weighted by atomic mass is 35.5. The molecular weight excluding hydrogens is 436 g/mol. The van der Waals surface area contributed by atoms with Crippen LogP contribution in [0.25, 0.3) is 0 Å². The highest BCUT2D eigenvalue weighted by molar-refractivity contribution is 7.89. The van der Waals surface area contributed by atoms with Crippen molar-refractivity contribution in [3.05, 3.63) is 82.9 Å². The van der Waals surface area contributed by atoms with Crippen LogP contribution in [0, 0.1) is 0 Å². The standard InChI is InChI=1S/C22H25ClN4O3S/c1-3-27(4-2)31(29,30)19-9-10-21(23)20(13-19)22(28)25-14-17-5-7-18(8-6-17)15-26-12-11-24-16-26/h5-13,16H,3-4,14-15H2,1-2H3,(H,25,28). The Morgan fingerprint density at radius 3 is 2.39 bits per heavy atom. The molecule has 0 saturated heterocycles. The Labute approximate surface area is 187 Å². The molecule has 0 aliphatic rings. The van der Waals surface area contributed by atoms with Crippen LogP contribution in [0.15, 0.2) is 66.1 Å². The maximum absolute atomic E-state index is 12.8. The van der Waals surface area contributed by atoms with E-state index in [2.05, 4.69) is 10.3 Å². The number of amides is 1. The first-order valence-corrected chi connectivity index (χ1v) is 11.8. The molecule has 0 radical (unpaired) electrons. The Morgan fingerprint density at radius 2 is 1.77 bits per heavy atom. The molecule has 0 aliphatic heterocycles. The number of carbonyl (C=O) groups excluding carboxylic acids is 1. The molecule has 0 saturated carbocycles. The van der Waals surface area contributed by atoms with Crippen LogP contribution in [0.3, 0.4) is 0 Å². The van der Waals surface area contributed by atoms with Crippen molar-refractivity contribution in [2.75, 3.05) is 13.1 Å². The third-order valence-corrected chi connectivity index (χ3v) is 7.30. The number of rotatable bonds is 9. The molecule has 1 heterocycles. The van der Waals surface area contributed by atoms with Gasteiger partial charge in [0.1, 0.15) is 0 Å². The van der Waals surface area contributed by atoms with Gasteiger partial charge >= 0.3 is 0 Å². The summed E-state index contributed by atoms with van der Waals surface area (Å²) in [7, 11) is -3.68. The number of sulfonamides is 1. The molecule has 0 unspecified atom stereocenters. The molecule has 0 spiro atoms. The van der Waals surface area contributed by atoms with Crippen LogP contribution >= 0.6 is 11.6 Å². The molecule has 0 bridgehead atoms. The van der Waals surface area contributed by atoms with Crippen molar-refractivity contribution < 1.29 is 13.2 Å². The molecule has 9 heteroatoms. The number of benzene rings is 2. The number of halogens is 1. The fourth-order valence-corrected chi connectivity index (χ4v) is 4.87. The average molecular weight is 461 g/mol. The first kappa shape index (κ1) is 23.0. The van der Waals surface area contributed by atoms with Gasteiger partial charge in [0, 0.05) is 38.6 Å². The van der Waals surface area contributed by atoms with E-state index < -0.39 is 15.9 Å². The molecule has 0 atom stereocenters. The van der Waals surface area contributed by atoms with Gasteiger partial charge in [0.15, 0.2) is 0 Å². The summed E-state index contributed by atoms with van der Waals surface area (Å²) >= 11 is 6.18. The quantitative estimate of drug-likeness (QED) is 0.529. The second kappa shape index (κ2) is 10.1. The minimum atomic E-state index is -3.68. The van der Waals surface area contributed by atoms with Gasteiger partial charge in [0.2, 0.25) is 10.0 Å². The van der Waals surface area contributed by atoms with Crippen LogP contribution < -0.4 is 5.32 Å². The van der Waals surface area contributed by atoms with Crippen molar-refractivity contribution in [2.24, 2.45) is 0 Å². The molecule has 0 aliphatic carbocycles. The van der Waals surface area contributed by atoms with Crippen LogP contribution in [0.2, 0.25) is 5.02 Å². The summed E-state index contributed by atoms with van der Waals surface area (Å²) in [6.45, 7) is 5.25. The van der Waals surface area contributed by atoms with Gasteiger partial charge in [-0.05, 0) is 29.3 Å². The molecule has 2 aromatic carbocycles. The van der Waals surface area contributed by atoms with E-state index in [0.29, 0.717) is 19.6 Å². The summed E-state index contributed by atoms with van der Waals surface area (Å²) in [6.07, 6.45) is 5.39. The van der Waals surface area contributed by atoms with Crippen LogP contribution in [-0.4, -0.2) is 41.3 Å². The topological polar surface area (TPSA) is 84.3 Å². The third kappa shape index (κ3) is 5.52. The Hall–Kier alpha value is -2.68. The van der Waals surface area contributed by atoms with Gasteiger partial charge in [-0.3, -0.25) is 4.79 Å². The van der Waals surface area contributed by atoms with E-state index in [1.54, 1.807) is 26.4 Å². The highest BCUT2D eigenvalue weighted by Crippen LogP contribution is 2.23. The van der Waals surface area contributed by atoms with Gasteiger partial charge in [0.25, 0.3) is 5.91 Å². The van der Waals surface area contributed by atoms with E-state index in [1.165, 1.54) is 22.5 Å². The maximum atomic E-state index is 12.8. The lowest BCUT2D eigenvalue weighted by atomic mass is 10.1. The van der Waals surface area contributed by atoms with E-state index in [1.807, 2.05) is 35.0 Å². The molecule has 3 aromatic rings. The summed E-state index contributed by atoms with van der Waals surface area (Å²) in [5.74, 6) is -0.427. The average Bonchev–Trinajstić information content (AvgIpc) is 3.27. The first-order valence-electron chi connectivity index (χ1n) is 9.96. The number of carbonyl (C=O) groups is 1. The molecule has 3 rings (SSSR count). The van der Waals surface area contributed by atoms with Gasteiger partial charge in [-0.15, -0.1) is 0 Å².